The Hall–Kier alpha value is -2.35. The summed E-state index contributed by atoms with van der Waals surface area (Å²) in [5.74, 6) is -0.467. The monoisotopic (exact) mass is 385 g/mol. The molecular weight excluding hydrogens is 367 g/mol. The van der Waals surface area contributed by atoms with Gasteiger partial charge in [-0.05, 0) is 42.3 Å². The molecule has 26 heavy (non-hydrogen) atoms. The normalized spacial score (nSPS) is 12.1. The molecule has 0 radical (unpaired) electrons. The van der Waals surface area contributed by atoms with Gasteiger partial charge in [-0.25, -0.2) is 8.42 Å². The minimum absolute atomic E-state index is 0.0129. The third-order valence-corrected chi connectivity index (χ3v) is 5.00. The van der Waals surface area contributed by atoms with Crippen LogP contribution in [0.25, 0.3) is 0 Å². The van der Waals surface area contributed by atoms with Gasteiger partial charge in [-0.1, -0.05) is 18.2 Å². The zero-order chi connectivity index (χ0) is 19.7. The molecule has 140 valence electrons. The third-order valence-electron chi connectivity index (χ3n) is 3.89. The third kappa shape index (κ3) is 4.63. The van der Waals surface area contributed by atoms with Crippen LogP contribution in [-0.4, -0.2) is 32.5 Å². The van der Waals surface area contributed by atoms with Gasteiger partial charge in [-0.2, -0.15) is 13.2 Å². The number of sulfone groups is 1. The Morgan fingerprint density at radius 1 is 1.12 bits per heavy atom. The smallest absolute Gasteiger partial charge is 0.337 e. The van der Waals surface area contributed by atoms with E-state index in [1.807, 2.05) is 0 Å². The van der Waals surface area contributed by atoms with Crippen LogP contribution < -0.4 is 0 Å². The minimum atomic E-state index is -4.46. The molecule has 2 rings (SSSR count). The van der Waals surface area contributed by atoms with Crippen LogP contribution in [0.4, 0.5) is 13.2 Å². The zero-order valence-electron chi connectivity index (χ0n) is 14.5. The molecule has 0 saturated carbocycles. The average molecular weight is 385 g/mol. The summed E-state index contributed by atoms with van der Waals surface area (Å²) in [7, 11) is -2.02. The molecule has 0 aromatic heterocycles. The van der Waals surface area contributed by atoms with Crippen LogP contribution in [0.15, 0.2) is 47.4 Å². The van der Waals surface area contributed by atoms with Gasteiger partial charge in [0.1, 0.15) is 0 Å². The fourth-order valence-corrected chi connectivity index (χ4v) is 3.11. The van der Waals surface area contributed by atoms with Gasteiger partial charge in [0.2, 0.25) is 0 Å². The van der Waals surface area contributed by atoms with Crippen molar-refractivity contribution >= 4 is 15.7 Å². The highest BCUT2D eigenvalue weighted by atomic mass is 32.2. The summed E-state index contributed by atoms with van der Waals surface area (Å²) < 4.78 is 61.8. The van der Waals surface area contributed by atoms with E-state index in [1.54, 1.807) is 6.92 Å². The molecule has 0 atom stereocenters. The summed E-state index contributed by atoms with van der Waals surface area (Å²) in [6, 6.07) is 8.96. The van der Waals surface area contributed by atoms with Crippen LogP contribution in [0.2, 0.25) is 0 Å². The first kappa shape index (κ1) is 20.0. The predicted molar refractivity (Wildman–Crippen MR) is 91.5 cm³/mol. The highest BCUT2D eigenvalue weighted by Crippen LogP contribution is 2.29. The van der Waals surface area contributed by atoms with Gasteiger partial charge in [0.25, 0.3) is 5.91 Å². The molecule has 1 amide bonds. The lowest BCUT2D eigenvalue weighted by Crippen LogP contribution is -2.27. The van der Waals surface area contributed by atoms with Crippen LogP contribution in [-0.2, 0) is 22.6 Å². The van der Waals surface area contributed by atoms with E-state index in [0.29, 0.717) is 11.1 Å². The SMILES string of the molecule is Cc1ccc(S(C)(=O)=O)cc1C(=O)N(C)Cc1cccc(C(F)(F)F)c1. The van der Waals surface area contributed by atoms with E-state index in [9.17, 15) is 26.4 Å². The van der Waals surface area contributed by atoms with Gasteiger partial charge in [0, 0.05) is 25.4 Å². The molecule has 0 saturated heterocycles. The predicted octanol–water partition coefficient (Wildman–Crippen LogP) is 3.69. The van der Waals surface area contributed by atoms with Crippen LogP contribution in [0, 0.1) is 6.92 Å². The lowest BCUT2D eigenvalue weighted by Gasteiger charge is -2.19. The number of halogens is 3. The molecule has 0 aliphatic heterocycles. The van der Waals surface area contributed by atoms with Gasteiger partial charge in [0.15, 0.2) is 9.84 Å². The van der Waals surface area contributed by atoms with E-state index in [2.05, 4.69) is 0 Å². The number of alkyl halides is 3. The van der Waals surface area contributed by atoms with Crippen LogP contribution >= 0.6 is 0 Å². The van der Waals surface area contributed by atoms with Crippen LogP contribution in [0.1, 0.15) is 27.0 Å². The lowest BCUT2D eigenvalue weighted by atomic mass is 10.1. The molecule has 0 aliphatic rings. The zero-order valence-corrected chi connectivity index (χ0v) is 15.3. The van der Waals surface area contributed by atoms with Crippen molar-refractivity contribution in [3.8, 4) is 0 Å². The van der Waals surface area contributed by atoms with Gasteiger partial charge in [-0.15, -0.1) is 0 Å². The number of hydrogen-bond acceptors (Lipinski definition) is 3. The van der Waals surface area contributed by atoms with Gasteiger partial charge < -0.3 is 4.90 Å². The molecule has 0 heterocycles. The Kier molecular flexibility index (Phi) is 5.46. The maximum absolute atomic E-state index is 12.8. The van der Waals surface area contributed by atoms with Crippen molar-refractivity contribution in [3.63, 3.8) is 0 Å². The number of rotatable bonds is 4. The van der Waals surface area contributed by atoms with E-state index in [4.69, 9.17) is 0 Å². The largest absolute Gasteiger partial charge is 0.416 e. The molecule has 2 aromatic carbocycles. The van der Waals surface area contributed by atoms with Crippen molar-refractivity contribution in [2.24, 2.45) is 0 Å². The quantitative estimate of drug-likeness (QED) is 0.807. The second-order valence-corrected chi connectivity index (χ2v) is 8.12. The molecule has 4 nitrogen and oxygen atoms in total. The second kappa shape index (κ2) is 7.11. The lowest BCUT2D eigenvalue weighted by molar-refractivity contribution is -0.137. The number of nitrogens with zero attached hydrogens (tertiary/aromatic N) is 1. The summed E-state index contributed by atoms with van der Waals surface area (Å²) in [5.41, 5.74) is 0.319. The van der Waals surface area contributed by atoms with Gasteiger partial charge in [-0.3, -0.25) is 4.79 Å². The Labute approximate surface area is 150 Å². The van der Waals surface area contributed by atoms with Crippen LogP contribution in [0.5, 0.6) is 0 Å². The molecule has 0 fully saturated rings. The Bertz CT molecular complexity index is 937. The van der Waals surface area contributed by atoms with Gasteiger partial charge >= 0.3 is 6.18 Å². The van der Waals surface area contributed by atoms with E-state index >= 15 is 0 Å². The first-order valence-corrected chi connectivity index (χ1v) is 9.51. The maximum Gasteiger partial charge on any atom is 0.416 e. The number of aryl methyl sites for hydroxylation is 1. The fourth-order valence-electron chi connectivity index (χ4n) is 2.46. The van der Waals surface area contributed by atoms with Crippen molar-refractivity contribution < 1.29 is 26.4 Å². The topological polar surface area (TPSA) is 54.5 Å². The van der Waals surface area contributed by atoms with Crippen molar-refractivity contribution in [2.45, 2.75) is 24.5 Å². The summed E-state index contributed by atoms with van der Waals surface area (Å²) in [6.07, 6.45) is -3.42. The molecule has 2 aromatic rings. The summed E-state index contributed by atoms with van der Waals surface area (Å²) >= 11 is 0. The summed E-state index contributed by atoms with van der Waals surface area (Å²) in [6.45, 7) is 1.63. The van der Waals surface area contributed by atoms with Crippen molar-refractivity contribution in [2.75, 3.05) is 13.3 Å². The summed E-state index contributed by atoms with van der Waals surface area (Å²) in [5, 5.41) is 0. The van der Waals surface area contributed by atoms with E-state index < -0.39 is 27.5 Å². The highest BCUT2D eigenvalue weighted by molar-refractivity contribution is 7.90. The van der Waals surface area contributed by atoms with E-state index in [1.165, 1.54) is 42.3 Å². The number of amides is 1. The molecule has 0 bridgehead atoms. The van der Waals surface area contributed by atoms with Crippen molar-refractivity contribution in [3.05, 3.63) is 64.7 Å². The molecule has 0 N–H and O–H groups in total. The summed E-state index contributed by atoms with van der Waals surface area (Å²) in [4.78, 5) is 13.9. The molecule has 0 unspecified atom stereocenters. The Morgan fingerprint density at radius 3 is 2.35 bits per heavy atom. The Balaban J connectivity index is 2.29. The van der Waals surface area contributed by atoms with Gasteiger partial charge in [0.05, 0.1) is 10.5 Å². The standard InChI is InChI=1S/C18H18F3NO3S/c1-12-7-8-15(26(3,24)25)10-16(12)17(23)22(2)11-13-5-4-6-14(9-13)18(19,20)21/h4-10H,11H2,1-3H3. The molecule has 8 heteroatoms. The first-order valence-electron chi connectivity index (χ1n) is 7.62. The second-order valence-electron chi connectivity index (χ2n) is 6.11. The number of carbonyl (C=O) groups is 1. The van der Waals surface area contributed by atoms with Crippen molar-refractivity contribution in [1.82, 2.24) is 4.90 Å². The van der Waals surface area contributed by atoms with Crippen molar-refractivity contribution in [1.29, 1.82) is 0 Å². The molecule has 0 spiro atoms. The highest BCUT2D eigenvalue weighted by Gasteiger charge is 2.30. The number of hydrogen-bond donors (Lipinski definition) is 0. The number of benzene rings is 2. The van der Waals surface area contributed by atoms with E-state index in [0.717, 1.165) is 18.4 Å². The number of carbonyl (C=O) groups excluding carboxylic acids is 1. The fraction of sp³-hybridized carbons (Fsp3) is 0.278. The van der Waals surface area contributed by atoms with Crippen LogP contribution in [0.3, 0.4) is 0 Å². The Morgan fingerprint density at radius 2 is 1.77 bits per heavy atom. The molecule has 0 aliphatic carbocycles. The first-order chi connectivity index (χ1) is 11.9. The minimum Gasteiger partial charge on any atom is -0.337 e. The maximum atomic E-state index is 12.8. The average Bonchev–Trinajstić information content (AvgIpc) is 2.53. The molecular formula is C18H18F3NO3S. The van der Waals surface area contributed by atoms with E-state index in [-0.39, 0.29) is 17.0 Å².